The first-order valence-electron chi connectivity index (χ1n) is 18.0. The molecule has 4 rings (SSSR count). The van der Waals surface area contributed by atoms with Gasteiger partial charge in [0.05, 0.1) is 66.1 Å². The van der Waals surface area contributed by atoms with Gasteiger partial charge in [-0.3, -0.25) is 0 Å². The molecule has 0 spiro atoms. The van der Waals surface area contributed by atoms with E-state index in [-0.39, 0.29) is 5.48 Å². The number of hydrogen-bond acceptors (Lipinski definition) is 10. The van der Waals surface area contributed by atoms with Gasteiger partial charge in [0.1, 0.15) is 0 Å². The van der Waals surface area contributed by atoms with Gasteiger partial charge in [-0.15, -0.1) is 0 Å². The van der Waals surface area contributed by atoms with E-state index in [1.54, 1.807) is 0 Å². The van der Waals surface area contributed by atoms with E-state index in [2.05, 4.69) is 39.8 Å². The van der Waals surface area contributed by atoms with Crippen LogP contribution < -0.4 is 18.9 Å². The highest BCUT2D eigenvalue weighted by Gasteiger charge is 2.18. The fraction of sp³-hybridized carbons (Fsp3) is 0.684. The first kappa shape index (κ1) is 42.5. The standard InChI is InChI=1S/2C19H30O5.H2O/c2*1-3-5-7-20-8-9-21-10-11-22-14-17-13-19-18(23-15-24-19)12-16(17)6-4-2;/h2*12-13H,3-11,14-15H2,1-2H3;1H2. The molecule has 2 N–H and O–H groups in total. The summed E-state index contributed by atoms with van der Waals surface area (Å²) in [7, 11) is 0. The van der Waals surface area contributed by atoms with Gasteiger partial charge in [-0.1, -0.05) is 53.4 Å². The van der Waals surface area contributed by atoms with Crippen molar-refractivity contribution < 1.29 is 52.8 Å². The minimum Gasteiger partial charge on any atom is -0.454 e. The van der Waals surface area contributed by atoms with Crippen LogP contribution in [0.2, 0.25) is 0 Å². The molecule has 11 nitrogen and oxygen atoms in total. The lowest BCUT2D eigenvalue weighted by molar-refractivity contribution is 0.0101. The van der Waals surface area contributed by atoms with Crippen LogP contribution in [0.5, 0.6) is 23.0 Å². The average molecular weight is 695 g/mol. The summed E-state index contributed by atoms with van der Waals surface area (Å²) in [6.07, 6.45) is 8.75. The van der Waals surface area contributed by atoms with Gasteiger partial charge in [0.25, 0.3) is 0 Å². The Balaban J connectivity index is 0.000000333. The van der Waals surface area contributed by atoms with E-state index >= 15 is 0 Å². The molecule has 2 aliphatic rings. The molecule has 49 heavy (non-hydrogen) atoms. The maximum absolute atomic E-state index is 5.75. The number of hydrogen-bond donors (Lipinski definition) is 0. The first-order valence-corrected chi connectivity index (χ1v) is 18.0. The first-order chi connectivity index (χ1) is 23.7. The van der Waals surface area contributed by atoms with Crippen molar-refractivity contribution in [2.45, 2.75) is 92.3 Å². The molecule has 0 bridgehead atoms. The van der Waals surface area contributed by atoms with E-state index in [0.717, 1.165) is 87.6 Å². The largest absolute Gasteiger partial charge is 0.454 e. The topological polar surface area (TPSA) is 124 Å². The predicted octanol–water partition coefficient (Wildman–Crippen LogP) is 6.61. The van der Waals surface area contributed by atoms with Crippen molar-refractivity contribution in [3.8, 4) is 23.0 Å². The molecule has 0 saturated heterocycles. The summed E-state index contributed by atoms with van der Waals surface area (Å²) >= 11 is 0. The molecule has 0 radical (unpaired) electrons. The molecule has 0 unspecified atom stereocenters. The maximum atomic E-state index is 5.75. The fourth-order valence-electron chi connectivity index (χ4n) is 5.06. The second-order valence-electron chi connectivity index (χ2n) is 11.7. The third-order valence-electron chi connectivity index (χ3n) is 7.72. The Labute approximate surface area is 294 Å². The van der Waals surface area contributed by atoms with Gasteiger partial charge >= 0.3 is 0 Å². The van der Waals surface area contributed by atoms with E-state index in [1.165, 1.54) is 22.3 Å². The molecule has 0 atom stereocenters. The van der Waals surface area contributed by atoms with Crippen LogP contribution in [0.4, 0.5) is 0 Å². The summed E-state index contributed by atoms with van der Waals surface area (Å²) in [5.74, 6) is 3.31. The number of aryl methyl sites for hydroxylation is 2. The van der Waals surface area contributed by atoms with Crippen molar-refractivity contribution >= 4 is 0 Å². The van der Waals surface area contributed by atoms with E-state index in [4.69, 9.17) is 47.4 Å². The van der Waals surface area contributed by atoms with E-state index in [1.807, 2.05) is 12.1 Å². The molecule has 11 heteroatoms. The summed E-state index contributed by atoms with van der Waals surface area (Å²) in [6.45, 7) is 16.9. The average Bonchev–Trinajstić information content (AvgIpc) is 3.76. The van der Waals surface area contributed by atoms with E-state index < -0.39 is 0 Å². The number of fused-ring (bicyclic) bond motifs is 2. The van der Waals surface area contributed by atoms with Gasteiger partial charge in [0.15, 0.2) is 23.0 Å². The Hall–Kier alpha value is -2.64. The zero-order valence-electron chi connectivity index (χ0n) is 30.4. The Bertz CT molecular complexity index is 1040. The molecule has 2 aromatic rings. The molecule has 0 fully saturated rings. The Morgan fingerprint density at radius 1 is 0.408 bits per heavy atom. The highest BCUT2D eigenvalue weighted by atomic mass is 16.7. The number of unbranched alkanes of at least 4 members (excludes halogenated alkanes) is 2. The molecule has 0 amide bonds. The highest BCUT2D eigenvalue weighted by molar-refractivity contribution is 5.49. The lowest BCUT2D eigenvalue weighted by Crippen LogP contribution is -2.10. The number of benzene rings is 2. The van der Waals surface area contributed by atoms with Gasteiger partial charge in [-0.25, -0.2) is 0 Å². The second-order valence-corrected chi connectivity index (χ2v) is 11.7. The molecule has 2 heterocycles. The van der Waals surface area contributed by atoms with Crippen molar-refractivity contribution in [3.05, 3.63) is 46.5 Å². The molecule has 2 aromatic carbocycles. The van der Waals surface area contributed by atoms with Crippen LogP contribution in [0.1, 0.15) is 88.5 Å². The molecular formula is C38H62O11. The second kappa shape index (κ2) is 27.1. The van der Waals surface area contributed by atoms with Crippen LogP contribution in [0.15, 0.2) is 24.3 Å². The Morgan fingerprint density at radius 3 is 1.04 bits per heavy atom. The third-order valence-corrected chi connectivity index (χ3v) is 7.72. The van der Waals surface area contributed by atoms with Crippen molar-refractivity contribution in [3.63, 3.8) is 0 Å². The highest BCUT2D eigenvalue weighted by Crippen LogP contribution is 2.36. The number of rotatable bonds is 26. The number of ether oxygens (including phenoxy) is 10. The maximum Gasteiger partial charge on any atom is 0.231 e. The van der Waals surface area contributed by atoms with Crippen LogP contribution in [0.25, 0.3) is 0 Å². The lowest BCUT2D eigenvalue weighted by atomic mass is 10.0. The quantitative estimate of drug-likeness (QED) is 0.0994. The Morgan fingerprint density at radius 2 is 0.714 bits per heavy atom. The zero-order valence-corrected chi connectivity index (χ0v) is 30.4. The third kappa shape index (κ3) is 16.7. The summed E-state index contributed by atoms with van der Waals surface area (Å²) < 4.78 is 55.2. The van der Waals surface area contributed by atoms with Crippen molar-refractivity contribution in [2.75, 3.05) is 79.7 Å². The van der Waals surface area contributed by atoms with Crippen LogP contribution in [-0.4, -0.2) is 85.1 Å². The molecule has 0 aliphatic carbocycles. The van der Waals surface area contributed by atoms with Crippen molar-refractivity contribution in [2.24, 2.45) is 0 Å². The van der Waals surface area contributed by atoms with Gasteiger partial charge in [-0.2, -0.15) is 0 Å². The Kier molecular flexibility index (Phi) is 23.5. The zero-order chi connectivity index (χ0) is 34.1. The summed E-state index contributed by atoms with van der Waals surface area (Å²) in [5, 5.41) is 0. The molecule has 2 aliphatic heterocycles. The van der Waals surface area contributed by atoms with E-state index in [9.17, 15) is 0 Å². The summed E-state index contributed by atoms with van der Waals surface area (Å²) in [4.78, 5) is 0. The van der Waals surface area contributed by atoms with Crippen LogP contribution >= 0.6 is 0 Å². The minimum absolute atomic E-state index is 0. The predicted molar refractivity (Wildman–Crippen MR) is 189 cm³/mol. The lowest BCUT2D eigenvalue weighted by Gasteiger charge is -2.11. The summed E-state index contributed by atoms with van der Waals surface area (Å²) in [6, 6.07) is 8.23. The van der Waals surface area contributed by atoms with Gasteiger partial charge in [-0.05, 0) is 72.2 Å². The summed E-state index contributed by atoms with van der Waals surface area (Å²) in [5.41, 5.74) is 4.88. The van der Waals surface area contributed by atoms with Crippen LogP contribution in [0.3, 0.4) is 0 Å². The van der Waals surface area contributed by atoms with Crippen molar-refractivity contribution in [1.29, 1.82) is 0 Å². The van der Waals surface area contributed by atoms with E-state index in [0.29, 0.717) is 79.7 Å². The van der Waals surface area contributed by atoms with Crippen LogP contribution in [-0.2, 0) is 54.5 Å². The monoisotopic (exact) mass is 694 g/mol. The smallest absolute Gasteiger partial charge is 0.231 e. The SMILES string of the molecule is CCCCOCCOCCOCc1cc2c(cc1CCC)OCO2.CCCCOCCOCCOCc1cc2c(cc1CCC)OCO2.O. The minimum atomic E-state index is 0. The molecule has 280 valence electrons. The van der Waals surface area contributed by atoms with Gasteiger partial charge in [0, 0.05) is 13.2 Å². The molecule has 0 saturated carbocycles. The molecular weight excluding hydrogens is 632 g/mol. The van der Waals surface area contributed by atoms with Crippen LogP contribution in [0, 0.1) is 0 Å². The normalized spacial score (nSPS) is 12.5. The van der Waals surface area contributed by atoms with Gasteiger partial charge < -0.3 is 52.8 Å². The van der Waals surface area contributed by atoms with Crippen molar-refractivity contribution in [1.82, 2.24) is 0 Å². The fourth-order valence-corrected chi connectivity index (χ4v) is 5.06. The molecule has 0 aromatic heterocycles. The van der Waals surface area contributed by atoms with Gasteiger partial charge in [0.2, 0.25) is 13.6 Å².